The quantitative estimate of drug-likeness (QED) is 0.775. The van der Waals surface area contributed by atoms with E-state index in [-0.39, 0.29) is 5.82 Å². The van der Waals surface area contributed by atoms with Crippen molar-refractivity contribution in [1.82, 2.24) is 9.97 Å². The fraction of sp³-hybridized carbons (Fsp3) is 0.0588. The van der Waals surface area contributed by atoms with E-state index in [9.17, 15) is 4.39 Å². The summed E-state index contributed by atoms with van der Waals surface area (Å²) in [6, 6.07) is 16.0. The molecule has 0 aliphatic carbocycles. The third kappa shape index (κ3) is 3.23. The lowest BCUT2D eigenvalue weighted by molar-refractivity contribution is 0.628. The van der Waals surface area contributed by atoms with Gasteiger partial charge in [0.1, 0.15) is 5.82 Å². The predicted octanol–water partition coefficient (Wildman–Crippen LogP) is 4.33. The highest BCUT2D eigenvalue weighted by Crippen LogP contribution is 2.19. The van der Waals surface area contributed by atoms with E-state index in [1.54, 1.807) is 24.4 Å². The molecule has 1 aromatic heterocycles. The van der Waals surface area contributed by atoms with Crippen molar-refractivity contribution in [3.63, 3.8) is 0 Å². The molecule has 3 rings (SSSR count). The summed E-state index contributed by atoms with van der Waals surface area (Å²) in [7, 11) is 0. The first-order valence-corrected chi connectivity index (χ1v) is 6.63. The largest absolute Gasteiger partial charge is 0.324 e. The Morgan fingerprint density at radius 2 is 1.62 bits per heavy atom. The number of hydrogen-bond acceptors (Lipinski definition) is 3. The van der Waals surface area contributed by atoms with Crippen molar-refractivity contribution >= 4 is 11.6 Å². The summed E-state index contributed by atoms with van der Waals surface area (Å²) >= 11 is 0. The van der Waals surface area contributed by atoms with Gasteiger partial charge in [-0.1, -0.05) is 17.7 Å². The van der Waals surface area contributed by atoms with Crippen molar-refractivity contribution in [1.29, 1.82) is 0 Å². The van der Waals surface area contributed by atoms with E-state index in [4.69, 9.17) is 0 Å². The van der Waals surface area contributed by atoms with Gasteiger partial charge in [0.2, 0.25) is 5.95 Å². The fourth-order valence-electron chi connectivity index (χ4n) is 1.97. The van der Waals surface area contributed by atoms with Crippen molar-refractivity contribution in [2.45, 2.75) is 6.92 Å². The van der Waals surface area contributed by atoms with Crippen molar-refractivity contribution in [2.75, 3.05) is 5.32 Å². The van der Waals surface area contributed by atoms with Crippen LogP contribution in [0.1, 0.15) is 5.56 Å². The fourth-order valence-corrected chi connectivity index (χ4v) is 1.97. The Balaban J connectivity index is 1.86. The van der Waals surface area contributed by atoms with Gasteiger partial charge >= 0.3 is 0 Å². The van der Waals surface area contributed by atoms with Gasteiger partial charge < -0.3 is 5.32 Å². The standard InChI is InChI=1S/C17H14FN3/c1-12-2-8-15(9-3-12)20-17-19-11-10-16(21-17)13-4-6-14(18)7-5-13/h2-11H,1H3,(H,19,20,21). The van der Waals surface area contributed by atoms with Gasteiger partial charge in [0.05, 0.1) is 5.69 Å². The Labute approximate surface area is 122 Å². The van der Waals surface area contributed by atoms with Crippen molar-refractivity contribution in [3.05, 3.63) is 72.2 Å². The maximum absolute atomic E-state index is 13.0. The Kier molecular flexibility index (Phi) is 3.60. The number of benzene rings is 2. The Bertz CT molecular complexity index is 737. The van der Waals surface area contributed by atoms with Crippen LogP contribution in [0.25, 0.3) is 11.3 Å². The van der Waals surface area contributed by atoms with Crippen LogP contribution in [0.2, 0.25) is 0 Å². The first kappa shape index (κ1) is 13.2. The van der Waals surface area contributed by atoms with Gasteiger partial charge in [-0.05, 0) is 49.4 Å². The highest BCUT2D eigenvalue weighted by molar-refractivity contribution is 5.61. The number of nitrogens with one attached hydrogen (secondary N) is 1. The molecular formula is C17H14FN3. The second-order valence-electron chi connectivity index (χ2n) is 4.76. The van der Waals surface area contributed by atoms with Crippen LogP contribution in [0.4, 0.5) is 16.0 Å². The molecule has 0 saturated heterocycles. The number of hydrogen-bond donors (Lipinski definition) is 1. The molecule has 0 radical (unpaired) electrons. The molecule has 0 atom stereocenters. The summed E-state index contributed by atoms with van der Waals surface area (Å²) in [6.45, 7) is 2.04. The van der Waals surface area contributed by atoms with Crippen LogP contribution in [-0.2, 0) is 0 Å². The molecule has 0 fully saturated rings. The number of rotatable bonds is 3. The first-order chi connectivity index (χ1) is 10.2. The van der Waals surface area contributed by atoms with Crippen molar-refractivity contribution < 1.29 is 4.39 Å². The van der Waals surface area contributed by atoms with E-state index in [1.165, 1.54) is 17.7 Å². The highest BCUT2D eigenvalue weighted by Gasteiger charge is 2.03. The van der Waals surface area contributed by atoms with Gasteiger partial charge in [-0.3, -0.25) is 0 Å². The molecule has 104 valence electrons. The number of halogens is 1. The van der Waals surface area contributed by atoms with Crippen LogP contribution in [-0.4, -0.2) is 9.97 Å². The molecule has 1 heterocycles. The molecule has 4 heteroatoms. The molecule has 0 unspecified atom stereocenters. The summed E-state index contributed by atoms with van der Waals surface area (Å²) in [5.41, 5.74) is 3.73. The zero-order valence-electron chi connectivity index (χ0n) is 11.5. The van der Waals surface area contributed by atoms with Crippen molar-refractivity contribution in [3.8, 4) is 11.3 Å². The summed E-state index contributed by atoms with van der Waals surface area (Å²) in [4.78, 5) is 8.65. The smallest absolute Gasteiger partial charge is 0.227 e. The average molecular weight is 279 g/mol. The molecule has 0 amide bonds. The number of aryl methyl sites for hydroxylation is 1. The molecule has 0 spiro atoms. The van der Waals surface area contributed by atoms with Gasteiger partial charge in [0.15, 0.2) is 0 Å². The molecule has 0 aliphatic heterocycles. The summed E-state index contributed by atoms with van der Waals surface area (Å²) in [6.07, 6.45) is 1.68. The lowest BCUT2D eigenvalue weighted by Crippen LogP contribution is -1.97. The van der Waals surface area contributed by atoms with Gasteiger partial charge in [-0.2, -0.15) is 0 Å². The molecule has 0 saturated carbocycles. The summed E-state index contributed by atoms with van der Waals surface area (Å²) < 4.78 is 13.0. The minimum Gasteiger partial charge on any atom is -0.324 e. The van der Waals surface area contributed by atoms with Crippen LogP contribution in [0.15, 0.2) is 60.8 Å². The van der Waals surface area contributed by atoms with Gasteiger partial charge in [-0.25, -0.2) is 14.4 Å². The lowest BCUT2D eigenvalue weighted by atomic mass is 10.1. The van der Waals surface area contributed by atoms with Crippen LogP contribution in [0.3, 0.4) is 0 Å². The van der Waals surface area contributed by atoms with Crippen molar-refractivity contribution in [2.24, 2.45) is 0 Å². The maximum atomic E-state index is 13.0. The van der Waals surface area contributed by atoms with Gasteiger partial charge in [-0.15, -0.1) is 0 Å². The van der Waals surface area contributed by atoms with E-state index in [1.807, 2.05) is 31.2 Å². The van der Waals surface area contributed by atoms with E-state index in [2.05, 4.69) is 15.3 Å². The van der Waals surface area contributed by atoms with E-state index in [0.717, 1.165) is 16.9 Å². The third-order valence-electron chi connectivity index (χ3n) is 3.10. The number of aromatic nitrogens is 2. The van der Waals surface area contributed by atoms with Crippen LogP contribution in [0.5, 0.6) is 0 Å². The predicted molar refractivity (Wildman–Crippen MR) is 81.9 cm³/mol. The maximum Gasteiger partial charge on any atom is 0.227 e. The zero-order chi connectivity index (χ0) is 14.7. The van der Waals surface area contributed by atoms with Crippen LogP contribution >= 0.6 is 0 Å². The third-order valence-corrected chi connectivity index (χ3v) is 3.10. The van der Waals surface area contributed by atoms with Crippen LogP contribution in [0, 0.1) is 12.7 Å². The molecule has 3 nitrogen and oxygen atoms in total. The molecule has 1 N–H and O–H groups in total. The Hall–Kier alpha value is -2.75. The van der Waals surface area contributed by atoms with E-state index in [0.29, 0.717) is 5.95 Å². The average Bonchev–Trinajstić information content (AvgIpc) is 2.51. The topological polar surface area (TPSA) is 37.8 Å². The molecular weight excluding hydrogens is 265 g/mol. The van der Waals surface area contributed by atoms with E-state index >= 15 is 0 Å². The number of anilines is 2. The zero-order valence-corrected chi connectivity index (χ0v) is 11.5. The minimum atomic E-state index is -0.259. The Morgan fingerprint density at radius 3 is 2.33 bits per heavy atom. The summed E-state index contributed by atoms with van der Waals surface area (Å²) in [5, 5.41) is 3.16. The second-order valence-corrected chi connectivity index (χ2v) is 4.76. The molecule has 21 heavy (non-hydrogen) atoms. The first-order valence-electron chi connectivity index (χ1n) is 6.63. The molecule has 2 aromatic carbocycles. The van der Waals surface area contributed by atoms with Gasteiger partial charge in [0, 0.05) is 17.4 Å². The minimum absolute atomic E-state index is 0.259. The SMILES string of the molecule is Cc1ccc(Nc2nccc(-c3ccc(F)cc3)n2)cc1. The Morgan fingerprint density at radius 1 is 0.905 bits per heavy atom. The lowest BCUT2D eigenvalue weighted by Gasteiger charge is -2.07. The van der Waals surface area contributed by atoms with Crippen LogP contribution < -0.4 is 5.32 Å². The number of nitrogens with zero attached hydrogens (tertiary/aromatic N) is 2. The molecule has 0 aliphatic rings. The highest BCUT2D eigenvalue weighted by atomic mass is 19.1. The molecule has 0 bridgehead atoms. The normalized spacial score (nSPS) is 10.4. The second kappa shape index (κ2) is 5.71. The summed E-state index contributed by atoms with van der Waals surface area (Å²) in [5.74, 6) is 0.256. The van der Waals surface area contributed by atoms with Gasteiger partial charge in [0.25, 0.3) is 0 Å². The monoisotopic (exact) mass is 279 g/mol. The molecule has 3 aromatic rings. The van der Waals surface area contributed by atoms with E-state index < -0.39 is 0 Å².